The van der Waals surface area contributed by atoms with E-state index in [0.717, 1.165) is 6.42 Å². The quantitative estimate of drug-likeness (QED) is 0.102. The number of carbonyl (C=O) groups excluding carboxylic acids is 3. The summed E-state index contributed by atoms with van der Waals surface area (Å²) in [6.07, 6.45) is -5.73. The van der Waals surface area contributed by atoms with E-state index in [1.807, 2.05) is 27.9 Å². The van der Waals surface area contributed by atoms with E-state index >= 15 is 4.39 Å². The molecule has 19 nitrogen and oxygen atoms in total. The molecule has 20 heteroatoms. The molecule has 3 saturated carbocycles. The summed E-state index contributed by atoms with van der Waals surface area (Å²) in [5, 5.41) is 88.2. The van der Waals surface area contributed by atoms with Crippen LogP contribution in [-0.4, -0.2) is 212 Å². The number of β-amino-alcohol motifs (C(OH)–C–C–N with tert-alkyl or cyclic N) is 1. The second-order valence-electron chi connectivity index (χ2n) is 27.0. The first-order valence-corrected chi connectivity index (χ1v) is 29.7. The minimum absolute atomic E-state index is 0.0201. The van der Waals surface area contributed by atoms with E-state index in [4.69, 9.17) is 28.4 Å². The lowest BCUT2D eigenvalue weighted by molar-refractivity contribution is -0.308. The Kier molecular flexibility index (Phi) is 19.6. The van der Waals surface area contributed by atoms with Crippen LogP contribution >= 0.6 is 0 Å². The number of hydrogen-bond acceptors (Lipinski definition) is 18. The topological polar surface area (TPSA) is 267 Å². The number of allylic oxidation sites excluding steroid dienone is 4. The van der Waals surface area contributed by atoms with E-state index in [9.17, 15) is 50.1 Å². The molecule has 25 atom stereocenters. The van der Waals surface area contributed by atoms with Crippen LogP contribution in [0.15, 0.2) is 23.8 Å². The molecule has 8 N–H and O–H groups in total. The number of nitrogens with zero attached hydrogens (tertiary/aromatic N) is 2. The normalized spacial score (nSPS) is 49.9. The van der Waals surface area contributed by atoms with Crippen LogP contribution in [0, 0.1) is 40.4 Å². The van der Waals surface area contributed by atoms with Gasteiger partial charge in [0.25, 0.3) is 5.91 Å². The number of amides is 1. The molecule has 0 aromatic carbocycles. The van der Waals surface area contributed by atoms with E-state index in [1.54, 1.807) is 73.3 Å². The average Bonchev–Trinajstić information content (AvgIpc) is 3.67. The molecule has 7 rings (SSSR count). The van der Waals surface area contributed by atoms with E-state index in [-0.39, 0.29) is 82.0 Å². The van der Waals surface area contributed by atoms with Crippen LogP contribution in [0.4, 0.5) is 4.39 Å². The molecule has 0 spiro atoms. The number of methoxy groups -OCH3 is 1. The number of cyclic esters (lactones) is 1. The first kappa shape index (κ1) is 65.0. The van der Waals surface area contributed by atoms with Crippen LogP contribution in [0.5, 0.6) is 0 Å². The molecule has 7 aliphatic rings. The van der Waals surface area contributed by atoms with Gasteiger partial charge in [0.1, 0.15) is 29.5 Å². The molecule has 1 amide bonds. The Morgan fingerprint density at radius 3 is 2.20 bits per heavy atom. The second-order valence-corrected chi connectivity index (χ2v) is 27.0. The van der Waals surface area contributed by atoms with Crippen LogP contribution in [0.2, 0.25) is 0 Å². The van der Waals surface area contributed by atoms with Crippen molar-refractivity contribution in [1.82, 2.24) is 15.1 Å². The summed E-state index contributed by atoms with van der Waals surface area (Å²) in [6.45, 7) is 20.6. The summed E-state index contributed by atoms with van der Waals surface area (Å²) in [7, 11) is 5.45. The van der Waals surface area contributed by atoms with Crippen molar-refractivity contribution in [3.8, 4) is 0 Å². The molecule has 6 fully saturated rings. The fourth-order valence-corrected chi connectivity index (χ4v) is 15.9. The average molecular weight is 1140 g/mol. The maximum absolute atomic E-state index is 17.8. The second kappa shape index (κ2) is 24.1. The predicted octanol–water partition coefficient (Wildman–Crippen LogP) is 3.88. The zero-order valence-corrected chi connectivity index (χ0v) is 50.4. The van der Waals surface area contributed by atoms with Crippen molar-refractivity contribution in [2.45, 2.75) is 255 Å². The summed E-state index contributed by atoms with van der Waals surface area (Å²) in [6, 6.07) is -0.900. The van der Waals surface area contributed by atoms with E-state index < -0.39 is 142 Å². The highest BCUT2D eigenvalue weighted by molar-refractivity contribution is 6.01. The molecular formula is C60H100FN3O16. The predicted molar refractivity (Wildman–Crippen MR) is 294 cm³/mol. The first-order chi connectivity index (χ1) is 37.1. The standard InChI is InChI=1S/C60H100FN3O16/c1-16-45-58(12,73)49(68)36(6)64(25-17-24-62-53(71)59(74)23-21-40-41-19-18-38-27-39(65)20-22-55(38,9)60(41,61)44(67)29-56(40,59)10)31-54(8,72)28-43(66)48(80-52-33(3)42(63(13)14)26-32(2)76-52)34(4)47(35(5)51(70)78-45)79-46-30-57(11,75-15)50(69)37(7)77-46/h20,22,27,32-37,40-50,52,66-69,72-74H,16-19,21,23-26,28-31H2,1-15H3,(H,62,71)/t32-,33-,34+,35-,36-,37-,40?,41?,42-,43-,44+,45-,46-,47+,48-,49-,50-,52+,54-,55+,56+,57+,58-,59+,60+/m1/s1. The molecule has 4 aliphatic carbocycles. The van der Waals surface area contributed by atoms with Crippen molar-refractivity contribution < 1.29 is 82.9 Å². The summed E-state index contributed by atoms with van der Waals surface area (Å²) in [5.74, 6) is -4.95. The summed E-state index contributed by atoms with van der Waals surface area (Å²) < 4.78 is 56.2. The lowest BCUT2D eigenvalue weighted by Crippen LogP contribution is -2.69. The number of halogens is 1. The number of ether oxygens (including phenoxy) is 6. The third kappa shape index (κ3) is 11.8. The van der Waals surface area contributed by atoms with Gasteiger partial charge in [0, 0.05) is 80.3 Å². The minimum atomic E-state index is -2.12. The van der Waals surface area contributed by atoms with E-state index in [2.05, 4.69) is 10.2 Å². The zero-order chi connectivity index (χ0) is 59.6. The Hall–Kier alpha value is -2.54. The molecule has 0 aromatic heterocycles. The van der Waals surface area contributed by atoms with Gasteiger partial charge < -0.3 is 74.4 Å². The summed E-state index contributed by atoms with van der Waals surface area (Å²) in [4.78, 5) is 45.3. The van der Waals surface area contributed by atoms with Gasteiger partial charge in [0.05, 0.1) is 53.7 Å². The maximum atomic E-state index is 17.8. The van der Waals surface area contributed by atoms with Gasteiger partial charge in [-0.3, -0.25) is 19.3 Å². The number of carbonyl (C=O) groups is 3. The highest BCUT2D eigenvalue weighted by Crippen LogP contribution is 2.69. The molecule has 0 radical (unpaired) electrons. The van der Waals surface area contributed by atoms with Crippen LogP contribution < -0.4 is 5.32 Å². The molecule has 3 aliphatic heterocycles. The van der Waals surface area contributed by atoms with Crippen molar-refractivity contribution in [3.63, 3.8) is 0 Å². The third-order valence-electron chi connectivity index (χ3n) is 21.2. The van der Waals surface area contributed by atoms with E-state index in [0.29, 0.717) is 24.8 Å². The molecule has 458 valence electrons. The van der Waals surface area contributed by atoms with Gasteiger partial charge in [-0.25, -0.2) is 4.39 Å². The van der Waals surface area contributed by atoms with Gasteiger partial charge in [-0.1, -0.05) is 39.3 Å². The minimum Gasteiger partial charge on any atom is -0.459 e. The Bertz CT molecular complexity index is 2270. The number of aliphatic hydroxyl groups excluding tert-OH is 4. The molecule has 0 bridgehead atoms. The molecule has 2 unspecified atom stereocenters. The lowest BCUT2D eigenvalue weighted by atomic mass is 9.45. The number of rotatable bonds is 12. The van der Waals surface area contributed by atoms with Gasteiger partial charge in [-0.05, 0) is 139 Å². The smallest absolute Gasteiger partial charge is 0.311 e. The van der Waals surface area contributed by atoms with E-state index in [1.165, 1.54) is 26.2 Å². The number of hydrogen-bond donors (Lipinski definition) is 8. The van der Waals surface area contributed by atoms with Crippen LogP contribution in [0.3, 0.4) is 0 Å². The summed E-state index contributed by atoms with van der Waals surface area (Å²) in [5.41, 5.74) is -10.7. The highest BCUT2D eigenvalue weighted by atomic mass is 19.1. The SMILES string of the molecule is CC[C@H]1OC(=O)[C@H](C)[C@@H](O[C@@H]2C[C@](C)(OC)[C@H](O)[C@@H](C)O2)[C@H](C)[C@@H](O[C@@H]2O[C@H](C)C[C@@H](N(C)C)[C@H]2C)[C@H](O)C[C@@](C)(O)CN(CCCNC(=O)[C@@]2(O)CCC3C4CCC5=CC(=O)C=C[C@]5(C)[C@@]4(F)[C@@H](O)C[C@@]32C)[C@H](C)[C@@H](O)[C@]1(C)O. The Balaban J connectivity index is 1.15. The molecular weight excluding hydrogens is 1040 g/mol. The van der Waals surface area contributed by atoms with Crippen LogP contribution in [0.1, 0.15) is 147 Å². The largest absolute Gasteiger partial charge is 0.459 e. The monoisotopic (exact) mass is 1140 g/mol. The van der Waals surface area contributed by atoms with Gasteiger partial charge in [0.2, 0.25) is 0 Å². The lowest BCUT2D eigenvalue weighted by Gasteiger charge is -2.62. The van der Waals surface area contributed by atoms with Crippen LogP contribution in [0.25, 0.3) is 0 Å². The van der Waals surface area contributed by atoms with Gasteiger partial charge in [0.15, 0.2) is 24.0 Å². The number of esters is 1. The molecule has 3 heterocycles. The van der Waals surface area contributed by atoms with Gasteiger partial charge in [-0.15, -0.1) is 0 Å². The number of fused-ring (bicyclic) bond motifs is 5. The number of ketones is 1. The van der Waals surface area contributed by atoms with Gasteiger partial charge >= 0.3 is 5.97 Å². The highest BCUT2D eigenvalue weighted by Gasteiger charge is 2.74. The Morgan fingerprint density at radius 2 is 1.56 bits per heavy atom. The van der Waals surface area contributed by atoms with Crippen molar-refractivity contribution in [1.29, 1.82) is 0 Å². The third-order valence-corrected chi connectivity index (χ3v) is 21.2. The first-order valence-electron chi connectivity index (χ1n) is 29.7. The Morgan fingerprint density at radius 1 is 0.887 bits per heavy atom. The fourth-order valence-electron chi connectivity index (χ4n) is 15.9. The molecule has 3 saturated heterocycles. The van der Waals surface area contributed by atoms with Crippen molar-refractivity contribution in [2.75, 3.05) is 40.8 Å². The summed E-state index contributed by atoms with van der Waals surface area (Å²) >= 11 is 0. The van der Waals surface area contributed by atoms with Gasteiger partial charge in [-0.2, -0.15) is 0 Å². The number of nitrogens with one attached hydrogen (secondary N) is 1. The van der Waals surface area contributed by atoms with Crippen molar-refractivity contribution in [3.05, 3.63) is 23.8 Å². The van der Waals surface area contributed by atoms with Crippen molar-refractivity contribution in [2.24, 2.45) is 40.4 Å². The Labute approximate surface area is 474 Å². The van der Waals surface area contributed by atoms with Crippen LogP contribution in [-0.2, 0) is 42.8 Å². The molecule has 80 heavy (non-hydrogen) atoms. The fraction of sp³-hybridized carbons (Fsp3) is 0.883. The van der Waals surface area contributed by atoms with Crippen molar-refractivity contribution >= 4 is 17.7 Å². The molecule has 0 aromatic rings. The number of alkyl halides is 1. The number of aliphatic hydroxyl groups is 7. The maximum Gasteiger partial charge on any atom is 0.311 e. The zero-order valence-electron chi connectivity index (χ0n) is 50.4.